The molecule has 2 rings (SSSR count). The van der Waals surface area contributed by atoms with Crippen molar-refractivity contribution in [2.24, 2.45) is 0 Å². The molecular weight excluding hydrogens is 369 g/mol. The van der Waals surface area contributed by atoms with Gasteiger partial charge in [-0.3, -0.25) is 0 Å². The monoisotopic (exact) mass is 385 g/mol. The van der Waals surface area contributed by atoms with Gasteiger partial charge in [0.25, 0.3) is 0 Å². The van der Waals surface area contributed by atoms with Gasteiger partial charge in [-0.1, -0.05) is 69.8 Å². The molecule has 0 bridgehead atoms. The van der Waals surface area contributed by atoms with Gasteiger partial charge in [0.05, 0.1) is 16.1 Å². The van der Waals surface area contributed by atoms with Crippen molar-refractivity contribution >= 4 is 39.1 Å². The van der Waals surface area contributed by atoms with Gasteiger partial charge in [-0.05, 0) is 49.2 Å². The van der Waals surface area contributed by atoms with Gasteiger partial charge in [0, 0.05) is 4.47 Å². The number of hydrogen-bond donors (Lipinski definition) is 1. The van der Waals surface area contributed by atoms with Crippen molar-refractivity contribution < 1.29 is 0 Å². The summed E-state index contributed by atoms with van der Waals surface area (Å²) >= 11 is 15.9. The zero-order chi connectivity index (χ0) is 15.4. The lowest BCUT2D eigenvalue weighted by Crippen LogP contribution is -2.23. The maximum absolute atomic E-state index is 6.18. The van der Waals surface area contributed by atoms with Gasteiger partial charge < -0.3 is 5.32 Å². The van der Waals surface area contributed by atoms with E-state index in [9.17, 15) is 0 Å². The van der Waals surface area contributed by atoms with E-state index in [0.717, 1.165) is 23.0 Å². The Morgan fingerprint density at radius 2 is 1.86 bits per heavy atom. The van der Waals surface area contributed by atoms with Crippen molar-refractivity contribution in [2.75, 3.05) is 6.54 Å². The van der Waals surface area contributed by atoms with Crippen LogP contribution < -0.4 is 5.32 Å². The predicted octanol–water partition coefficient (Wildman–Crippen LogP) is 6.15. The first-order valence-corrected chi connectivity index (χ1v) is 8.52. The van der Waals surface area contributed by atoms with Crippen molar-refractivity contribution in [2.45, 2.75) is 26.3 Å². The number of hydrogen-bond acceptors (Lipinski definition) is 1. The number of benzene rings is 2. The molecule has 0 aliphatic heterocycles. The molecular formula is C17H18BrCl2N. The van der Waals surface area contributed by atoms with E-state index in [1.807, 2.05) is 18.2 Å². The van der Waals surface area contributed by atoms with Crippen molar-refractivity contribution in [3.63, 3.8) is 0 Å². The van der Waals surface area contributed by atoms with Crippen LogP contribution in [0, 0.1) is 6.92 Å². The van der Waals surface area contributed by atoms with E-state index < -0.39 is 0 Å². The summed E-state index contributed by atoms with van der Waals surface area (Å²) in [4.78, 5) is 0. The molecule has 2 aromatic rings. The Morgan fingerprint density at radius 1 is 1.10 bits per heavy atom. The van der Waals surface area contributed by atoms with Crippen LogP contribution >= 0.6 is 39.1 Å². The van der Waals surface area contributed by atoms with Crippen LogP contribution in [0.5, 0.6) is 0 Å². The third-order valence-electron chi connectivity index (χ3n) is 3.34. The SMILES string of the molecule is CCCNC(c1ccc(Cl)c(Cl)c1)c1cc(C)ccc1Br. The molecule has 2 aromatic carbocycles. The Kier molecular flexibility index (Phi) is 6.12. The quantitative estimate of drug-likeness (QED) is 0.649. The van der Waals surface area contributed by atoms with Gasteiger partial charge in [0.15, 0.2) is 0 Å². The highest BCUT2D eigenvalue weighted by atomic mass is 79.9. The highest BCUT2D eigenvalue weighted by molar-refractivity contribution is 9.10. The van der Waals surface area contributed by atoms with E-state index >= 15 is 0 Å². The first-order valence-electron chi connectivity index (χ1n) is 6.97. The Bertz CT molecular complexity index is 628. The van der Waals surface area contributed by atoms with Crippen molar-refractivity contribution in [3.05, 3.63) is 67.6 Å². The average molecular weight is 387 g/mol. The van der Waals surface area contributed by atoms with Crippen LogP contribution in [-0.4, -0.2) is 6.54 Å². The molecule has 0 radical (unpaired) electrons. The standard InChI is InChI=1S/C17H18BrCl2N/c1-3-8-21-17(12-5-7-15(19)16(20)10-12)13-9-11(2)4-6-14(13)18/h4-7,9-10,17,21H,3,8H2,1-2H3. The lowest BCUT2D eigenvalue weighted by molar-refractivity contribution is 0.596. The normalized spacial score (nSPS) is 12.4. The Balaban J connectivity index is 2.46. The molecule has 0 heterocycles. The summed E-state index contributed by atoms with van der Waals surface area (Å²) in [7, 11) is 0. The lowest BCUT2D eigenvalue weighted by Gasteiger charge is -2.22. The molecule has 1 N–H and O–H groups in total. The molecule has 21 heavy (non-hydrogen) atoms. The highest BCUT2D eigenvalue weighted by Gasteiger charge is 2.17. The molecule has 0 saturated carbocycles. The Labute approximate surface area is 144 Å². The number of nitrogens with one attached hydrogen (secondary N) is 1. The van der Waals surface area contributed by atoms with Crippen LogP contribution in [0.2, 0.25) is 10.0 Å². The summed E-state index contributed by atoms with van der Waals surface area (Å²) in [5.41, 5.74) is 3.56. The largest absolute Gasteiger partial charge is 0.306 e. The van der Waals surface area contributed by atoms with E-state index in [2.05, 4.69) is 53.3 Å². The van der Waals surface area contributed by atoms with E-state index in [1.165, 1.54) is 11.1 Å². The molecule has 1 nitrogen and oxygen atoms in total. The van der Waals surface area contributed by atoms with Gasteiger partial charge in [0.2, 0.25) is 0 Å². The molecule has 0 fully saturated rings. The molecule has 1 atom stereocenters. The van der Waals surface area contributed by atoms with E-state index in [-0.39, 0.29) is 6.04 Å². The molecule has 0 aliphatic rings. The minimum Gasteiger partial charge on any atom is -0.306 e. The van der Waals surface area contributed by atoms with Crippen LogP contribution in [0.15, 0.2) is 40.9 Å². The second-order valence-corrected chi connectivity index (χ2v) is 6.75. The lowest BCUT2D eigenvalue weighted by atomic mass is 9.97. The zero-order valence-corrected chi connectivity index (χ0v) is 15.2. The predicted molar refractivity (Wildman–Crippen MR) is 95.5 cm³/mol. The van der Waals surface area contributed by atoms with E-state index in [1.54, 1.807) is 0 Å². The highest BCUT2D eigenvalue weighted by Crippen LogP contribution is 2.32. The summed E-state index contributed by atoms with van der Waals surface area (Å²) in [6.07, 6.45) is 1.07. The van der Waals surface area contributed by atoms with Crippen LogP contribution in [0.4, 0.5) is 0 Å². The van der Waals surface area contributed by atoms with Gasteiger partial charge in [-0.2, -0.15) is 0 Å². The number of rotatable bonds is 5. The smallest absolute Gasteiger partial charge is 0.0595 e. The molecule has 4 heteroatoms. The molecule has 0 aliphatic carbocycles. The van der Waals surface area contributed by atoms with E-state index in [0.29, 0.717) is 10.0 Å². The summed E-state index contributed by atoms with van der Waals surface area (Å²) in [5.74, 6) is 0. The summed E-state index contributed by atoms with van der Waals surface area (Å²) < 4.78 is 1.09. The number of aryl methyl sites for hydroxylation is 1. The topological polar surface area (TPSA) is 12.0 Å². The average Bonchev–Trinajstić information content (AvgIpc) is 2.46. The van der Waals surface area contributed by atoms with E-state index in [4.69, 9.17) is 23.2 Å². The maximum Gasteiger partial charge on any atom is 0.0595 e. The van der Waals surface area contributed by atoms with Crippen LogP contribution in [0.3, 0.4) is 0 Å². The second kappa shape index (κ2) is 7.64. The third-order valence-corrected chi connectivity index (χ3v) is 4.80. The minimum absolute atomic E-state index is 0.0917. The summed E-state index contributed by atoms with van der Waals surface area (Å²) in [6.45, 7) is 5.19. The van der Waals surface area contributed by atoms with Crippen molar-refractivity contribution in [1.82, 2.24) is 5.32 Å². The molecule has 0 spiro atoms. The fraction of sp³-hybridized carbons (Fsp3) is 0.294. The van der Waals surface area contributed by atoms with Crippen LogP contribution in [0.1, 0.15) is 36.1 Å². The second-order valence-electron chi connectivity index (χ2n) is 5.09. The summed E-state index contributed by atoms with van der Waals surface area (Å²) in [6, 6.07) is 12.3. The molecule has 0 aromatic heterocycles. The van der Waals surface area contributed by atoms with Gasteiger partial charge in [-0.15, -0.1) is 0 Å². The number of halogens is 3. The molecule has 112 valence electrons. The Morgan fingerprint density at radius 3 is 2.52 bits per heavy atom. The maximum atomic E-state index is 6.18. The minimum atomic E-state index is 0.0917. The fourth-order valence-corrected chi connectivity index (χ4v) is 3.05. The molecule has 1 unspecified atom stereocenters. The summed E-state index contributed by atoms with van der Waals surface area (Å²) in [5, 5.41) is 4.75. The third kappa shape index (κ3) is 4.23. The van der Waals surface area contributed by atoms with Crippen molar-refractivity contribution in [1.29, 1.82) is 0 Å². The van der Waals surface area contributed by atoms with Gasteiger partial charge in [0.1, 0.15) is 0 Å². The first-order chi connectivity index (χ1) is 10.0. The first kappa shape index (κ1) is 16.8. The molecule has 0 amide bonds. The van der Waals surface area contributed by atoms with Gasteiger partial charge in [-0.25, -0.2) is 0 Å². The molecule has 0 saturated heterocycles. The van der Waals surface area contributed by atoms with Crippen LogP contribution in [-0.2, 0) is 0 Å². The van der Waals surface area contributed by atoms with Gasteiger partial charge >= 0.3 is 0 Å². The van der Waals surface area contributed by atoms with Crippen LogP contribution in [0.25, 0.3) is 0 Å². The fourth-order valence-electron chi connectivity index (χ4n) is 2.27. The zero-order valence-electron chi connectivity index (χ0n) is 12.1. The Hall–Kier alpha value is -0.540. The van der Waals surface area contributed by atoms with Crippen molar-refractivity contribution in [3.8, 4) is 0 Å².